The molecule has 1 aromatic heterocycles. The molecule has 0 fully saturated rings. The summed E-state index contributed by atoms with van der Waals surface area (Å²) in [4.78, 5) is 11.9. The number of ether oxygens (including phenoxy) is 1. The van der Waals surface area contributed by atoms with E-state index in [0.29, 0.717) is 16.4 Å². The van der Waals surface area contributed by atoms with E-state index >= 15 is 0 Å². The molecule has 0 bridgehead atoms. The Morgan fingerprint density at radius 3 is 2.71 bits per heavy atom. The molecule has 1 heterocycles. The van der Waals surface area contributed by atoms with E-state index in [0.717, 1.165) is 21.7 Å². The maximum absolute atomic E-state index is 11.9. The fraction of sp³-hybridized carbons (Fsp3) is 0.0500. The van der Waals surface area contributed by atoms with Gasteiger partial charge in [0.2, 0.25) is 0 Å². The van der Waals surface area contributed by atoms with Crippen LogP contribution in [0.5, 0.6) is 5.75 Å². The van der Waals surface area contributed by atoms with Crippen LogP contribution in [0.1, 0.15) is 5.56 Å². The Labute approximate surface area is 143 Å². The Bertz CT molecular complexity index is 1100. The summed E-state index contributed by atoms with van der Waals surface area (Å²) in [5.41, 5.74) is 0.964. The zero-order valence-corrected chi connectivity index (χ0v) is 13.4. The van der Waals surface area contributed by atoms with E-state index in [1.54, 1.807) is 12.1 Å². The third-order valence-electron chi connectivity index (χ3n) is 3.90. The molecule has 4 aromatic rings. The van der Waals surface area contributed by atoms with Crippen LogP contribution in [0.4, 0.5) is 0 Å². The summed E-state index contributed by atoms with van der Waals surface area (Å²) in [6.07, 6.45) is 0. The maximum atomic E-state index is 11.9. The number of hydrogen-bond acceptors (Lipinski definition) is 3. The SMILES string of the molecule is O=c1cc(COc2cccc(Cl)c2)c2c(ccc3ccccc32)o1. The van der Waals surface area contributed by atoms with E-state index in [1.165, 1.54) is 6.07 Å². The molecule has 0 spiro atoms. The van der Waals surface area contributed by atoms with Gasteiger partial charge in [-0.2, -0.15) is 0 Å². The Kier molecular flexibility index (Phi) is 3.71. The molecule has 0 aliphatic carbocycles. The van der Waals surface area contributed by atoms with Gasteiger partial charge in [-0.1, -0.05) is 48.0 Å². The van der Waals surface area contributed by atoms with E-state index in [4.69, 9.17) is 20.8 Å². The monoisotopic (exact) mass is 336 g/mol. The molecule has 0 amide bonds. The van der Waals surface area contributed by atoms with E-state index < -0.39 is 0 Å². The number of benzene rings is 3. The minimum absolute atomic E-state index is 0.260. The minimum Gasteiger partial charge on any atom is -0.489 e. The molecular formula is C20H13ClO3. The highest BCUT2D eigenvalue weighted by atomic mass is 35.5. The van der Waals surface area contributed by atoms with Crippen molar-refractivity contribution in [2.45, 2.75) is 6.61 Å². The molecule has 3 nitrogen and oxygen atoms in total. The van der Waals surface area contributed by atoms with Crippen molar-refractivity contribution in [2.24, 2.45) is 0 Å². The van der Waals surface area contributed by atoms with Gasteiger partial charge in [0.25, 0.3) is 0 Å². The number of fused-ring (bicyclic) bond motifs is 3. The maximum Gasteiger partial charge on any atom is 0.336 e. The molecular weight excluding hydrogens is 324 g/mol. The standard InChI is InChI=1S/C20H13ClO3/c21-15-5-3-6-16(11-15)23-12-14-10-19(22)24-18-9-8-13-4-1-2-7-17(13)20(14)18/h1-11H,12H2. The summed E-state index contributed by atoms with van der Waals surface area (Å²) in [6, 6.07) is 20.4. The molecule has 0 aliphatic heterocycles. The summed E-state index contributed by atoms with van der Waals surface area (Å²) < 4.78 is 11.2. The van der Waals surface area contributed by atoms with Crippen LogP contribution >= 0.6 is 11.6 Å². The van der Waals surface area contributed by atoms with Crippen LogP contribution in [0.2, 0.25) is 5.02 Å². The largest absolute Gasteiger partial charge is 0.489 e. The summed E-state index contributed by atoms with van der Waals surface area (Å²) >= 11 is 5.98. The second kappa shape index (κ2) is 6.02. The molecule has 0 saturated heterocycles. The fourth-order valence-electron chi connectivity index (χ4n) is 2.85. The Hall–Kier alpha value is -2.78. The normalized spacial score (nSPS) is 11.0. The van der Waals surface area contributed by atoms with Gasteiger partial charge in [0.15, 0.2) is 0 Å². The Balaban J connectivity index is 1.84. The van der Waals surface area contributed by atoms with Gasteiger partial charge in [-0.3, -0.25) is 0 Å². The highest BCUT2D eigenvalue weighted by molar-refractivity contribution is 6.30. The average molecular weight is 337 g/mol. The lowest BCUT2D eigenvalue weighted by atomic mass is 10.0. The van der Waals surface area contributed by atoms with Gasteiger partial charge < -0.3 is 9.15 Å². The van der Waals surface area contributed by atoms with Gasteiger partial charge >= 0.3 is 5.63 Å². The van der Waals surface area contributed by atoms with Crippen LogP contribution in [0, 0.1) is 0 Å². The first-order valence-electron chi connectivity index (χ1n) is 7.53. The number of halogens is 1. The van der Waals surface area contributed by atoms with Crippen LogP contribution in [0.25, 0.3) is 21.7 Å². The van der Waals surface area contributed by atoms with Crippen molar-refractivity contribution in [3.05, 3.63) is 87.7 Å². The molecule has 4 rings (SSSR count). The summed E-state index contributed by atoms with van der Waals surface area (Å²) in [5.74, 6) is 0.657. The van der Waals surface area contributed by atoms with Crippen LogP contribution in [0.3, 0.4) is 0 Å². The van der Waals surface area contributed by atoms with Crippen molar-refractivity contribution < 1.29 is 9.15 Å². The van der Waals surface area contributed by atoms with E-state index in [9.17, 15) is 4.79 Å². The Morgan fingerprint density at radius 2 is 1.83 bits per heavy atom. The van der Waals surface area contributed by atoms with Crippen LogP contribution in [0.15, 0.2) is 75.9 Å². The third kappa shape index (κ3) is 2.74. The Morgan fingerprint density at radius 1 is 0.958 bits per heavy atom. The highest BCUT2D eigenvalue weighted by Crippen LogP contribution is 2.28. The minimum atomic E-state index is -0.387. The molecule has 118 valence electrons. The van der Waals surface area contributed by atoms with Crippen molar-refractivity contribution in [2.75, 3.05) is 0 Å². The van der Waals surface area contributed by atoms with Crippen molar-refractivity contribution >= 4 is 33.3 Å². The lowest BCUT2D eigenvalue weighted by Gasteiger charge is -2.10. The zero-order valence-electron chi connectivity index (χ0n) is 12.7. The molecule has 0 atom stereocenters. The summed E-state index contributed by atoms with van der Waals surface area (Å²) in [5, 5.41) is 3.62. The predicted octanol–water partition coefficient (Wildman–Crippen LogP) is 5.18. The highest BCUT2D eigenvalue weighted by Gasteiger charge is 2.10. The molecule has 0 aliphatic rings. The predicted molar refractivity (Wildman–Crippen MR) is 95.8 cm³/mol. The first kappa shape index (κ1) is 14.8. The molecule has 0 radical (unpaired) electrons. The molecule has 0 N–H and O–H groups in total. The summed E-state index contributed by atoms with van der Waals surface area (Å²) in [6.45, 7) is 0.260. The van der Waals surface area contributed by atoms with Gasteiger partial charge in [0, 0.05) is 22.0 Å². The average Bonchev–Trinajstić information content (AvgIpc) is 2.59. The van der Waals surface area contributed by atoms with Gasteiger partial charge in [-0.05, 0) is 35.0 Å². The van der Waals surface area contributed by atoms with Crippen LogP contribution in [-0.2, 0) is 6.61 Å². The zero-order chi connectivity index (χ0) is 16.5. The van der Waals surface area contributed by atoms with Gasteiger partial charge in [-0.25, -0.2) is 4.79 Å². The lowest BCUT2D eigenvalue weighted by molar-refractivity contribution is 0.307. The van der Waals surface area contributed by atoms with E-state index in [-0.39, 0.29) is 12.2 Å². The lowest BCUT2D eigenvalue weighted by Crippen LogP contribution is -2.04. The smallest absolute Gasteiger partial charge is 0.336 e. The van der Waals surface area contributed by atoms with E-state index in [1.807, 2.05) is 48.5 Å². The van der Waals surface area contributed by atoms with Crippen molar-refractivity contribution in [1.82, 2.24) is 0 Å². The quantitative estimate of drug-likeness (QED) is 0.382. The topological polar surface area (TPSA) is 39.4 Å². The van der Waals surface area contributed by atoms with Gasteiger partial charge in [0.1, 0.15) is 17.9 Å². The second-order valence-electron chi connectivity index (χ2n) is 5.50. The van der Waals surface area contributed by atoms with Crippen LogP contribution < -0.4 is 10.4 Å². The van der Waals surface area contributed by atoms with Gasteiger partial charge in [-0.15, -0.1) is 0 Å². The molecule has 3 aromatic carbocycles. The van der Waals surface area contributed by atoms with Crippen molar-refractivity contribution in [1.29, 1.82) is 0 Å². The van der Waals surface area contributed by atoms with Gasteiger partial charge in [0.05, 0.1) is 0 Å². The number of rotatable bonds is 3. The van der Waals surface area contributed by atoms with Crippen molar-refractivity contribution in [3.63, 3.8) is 0 Å². The first-order valence-corrected chi connectivity index (χ1v) is 7.91. The van der Waals surface area contributed by atoms with E-state index in [2.05, 4.69) is 0 Å². The first-order chi connectivity index (χ1) is 11.7. The molecule has 0 saturated carbocycles. The van der Waals surface area contributed by atoms with Crippen LogP contribution in [-0.4, -0.2) is 0 Å². The van der Waals surface area contributed by atoms with Crippen molar-refractivity contribution in [3.8, 4) is 5.75 Å². The third-order valence-corrected chi connectivity index (χ3v) is 4.14. The summed E-state index contributed by atoms with van der Waals surface area (Å²) in [7, 11) is 0. The fourth-order valence-corrected chi connectivity index (χ4v) is 3.03. The second-order valence-corrected chi connectivity index (χ2v) is 5.93. The molecule has 0 unspecified atom stereocenters. The number of hydrogen-bond donors (Lipinski definition) is 0. The molecule has 24 heavy (non-hydrogen) atoms. The molecule has 4 heteroatoms.